The van der Waals surface area contributed by atoms with Gasteiger partial charge in [0.15, 0.2) is 0 Å². The van der Waals surface area contributed by atoms with Crippen LogP contribution in [0.2, 0.25) is 0 Å². The standard InChI is InChI=1S/C14H19BrN4O/c1-4-10-14(15)12(19(3)18-10)8-20-13-6-5-9(2)17-11(13)7-16/h5-6H,4,7-8,16H2,1-3H3. The Morgan fingerprint density at radius 2 is 2.10 bits per heavy atom. The molecule has 0 fully saturated rings. The van der Waals surface area contributed by atoms with Gasteiger partial charge in [-0.3, -0.25) is 9.67 Å². The zero-order chi connectivity index (χ0) is 14.7. The van der Waals surface area contributed by atoms with Crippen molar-refractivity contribution in [2.24, 2.45) is 12.8 Å². The lowest BCUT2D eigenvalue weighted by Gasteiger charge is -2.11. The second kappa shape index (κ2) is 6.37. The van der Waals surface area contributed by atoms with Gasteiger partial charge in [0.05, 0.1) is 21.6 Å². The average molecular weight is 339 g/mol. The number of rotatable bonds is 5. The number of ether oxygens (including phenoxy) is 1. The summed E-state index contributed by atoms with van der Waals surface area (Å²) in [5, 5.41) is 4.45. The monoisotopic (exact) mass is 338 g/mol. The molecule has 0 amide bonds. The molecule has 0 unspecified atom stereocenters. The Balaban J connectivity index is 2.19. The lowest BCUT2D eigenvalue weighted by Crippen LogP contribution is -2.08. The lowest BCUT2D eigenvalue weighted by atomic mass is 10.3. The predicted molar refractivity (Wildman–Crippen MR) is 81.5 cm³/mol. The number of nitrogens with two attached hydrogens (primary N) is 1. The molecule has 20 heavy (non-hydrogen) atoms. The molecule has 0 aliphatic carbocycles. The van der Waals surface area contributed by atoms with E-state index in [1.54, 1.807) is 0 Å². The zero-order valence-electron chi connectivity index (χ0n) is 12.0. The van der Waals surface area contributed by atoms with E-state index in [-0.39, 0.29) is 0 Å². The summed E-state index contributed by atoms with van der Waals surface area (Å²) in [7, 11) is 1.92. The third-order valence-corrected chi connectivity index (χ3v) is 4.05. The van der Waals surface area contributed by atoms with Crippen molar-refractivity contribution in [2.45, 2.75) is 33.4 Å². The highest BCUT2D eigenvalue weighted by atomic mass is 79.9. The fourth-order valence-corrected chi connectivity index (χ4v) is 2.73. The van der Waals surface area contributed by atoms with Crippen LogP contribution >= 0.6 is 15.9 Å². The quantitative estimate of drug-likeness (QED) is 0.909. The van der Waals surface area contributed by atoms with Gasteiger partial charge in [-0.05, 0) is 41.4 Å². The maximum Gasteiger partial charge on any atom is 0.142 e. The Hall–Kier alpha value is -1.40. The first-order valence-corrected chi connectivity index (χ1v) is 7.35. The Bertz CT molecular complexity index is 609. The normalized spacial score (nSPS) is 10.8. The van der Waals surface area contributed by atoms with Crippen LogP contribution in [0, 0.1) is 6.92 Å². The SMILES string of the molecule is CCc1nn(C)c(COc2ccc(C)nc2CN)c1Br. The van der Waals surface area contributed by atoms with Crippen molar-refractivity contribution >= 4 is 15.9 Å². The van der Waals surface area contributed by atoms with E-state index in [1.807, 2.05) is 30.8 Å². The van der Waals surface area contributed by atoms with Gasteiger partial charge in [-0.25, -0.2) is 0 Å². The highest BCUT2D eigenvalue weighted by Crippen LogP contribution is 2.24. The van der Waals surface area contributed by atoms with Crippen molar-refractivity contribution in [1.82, 2.24) is 14.8 Å². The molecule has 2 aromatic rings. The summed E-state index contributed by atoms with van der Waals surface area (Å²) >= 11 is 3.58. The van der Waals surface area contributed by atoms with Crippen LogP contribution in [0.3, 0.4) is 0 Å². The summed E-state index contributed by atoms with van der Waals surface area (Å²) < 4.78 is 8.71. The van der Waals surface area contributed by atoms with E-state index < -0.39 is 0 Å². The van der Waals surface area contributed by atoms with Crippen LogP contribution in [0.15, 0.2) is 16.6 Å². The van der Waals surface area contributed by atoms with Crippen LogP contribution in [-0.4, -0.2) is 14.8 Å². The zero-order valence-corrected chi connectivity index (χ0v) is 13.6. The Morgan fingerprint density at radius 1 is 1.35 bits per heavy atom. The van der Waals surface area contributed by atoms with Crippen LogP contribution in [-0.2, 0) is 26.6 Å². The summed E-state index contributed by atoms with van der Waals surface area (Å²) in [5.74, 6) is 0.726. The number of halogens is 1. The molecule has 0 aromatic carbocycles. The molecule has 0 bridgehead atoms. The number of hydrogen-bond acceptors (Lipinski definition) is 4. The highest BCUT2D eigenvalue weighted by molar-refractivity contribution is 9.10. The average Bonchev–Trinajstić information content (AvgIpc) is 2.72. The first-order chi connectivity index (χ1) is 9.56. The van der Waals surface area contributed by atoms with Crippen LogP contribution in [0.1, 0.15) is 29.7 Å². The number of pyridine rings is 1. The van der Waals surface area contributed by atoms with Crippen LogP contribution in [0.4, 0.5) is 0 Å². The molecule has 0 saturated heterocycles. The third kappa shape index (κ3) is 3.02. The van der Waals surface area contributed by atoms with Crippen LogP contribution < -0.4 is 10.5 Å². The molecule has 6 heteroatoms. The number of aromatic nitrogens is 3. The largest absolute Gasteiger partial charge is 0.485 e. The topological polar surface area (TPSA) is 66.0 Å². The Kier molecular flexibility index (Phi) is 4.77. The van der Waals surface area contributed by atoms with Crippen LogP contribution in [0.5, 0.6) is 5.75 Å². The molecule has 0 aliphatic rings. The van der Waals surface area contributed by atoms with Gasteiger partial charge in [0.1, 0.15) is 12.4 Å². The van der Waals surface area contributed by atoms with Crippen molar-refractivity contribution in [3.63, 3.8) is 0 Å². The maximum absolute atomic E-state index is 5.86. The summed E-state index contributed by atoms with van der Waals surface area (Å²) in [5.41, 5.74) is 9.46. The van der Waals surface area contributed by atoms with Gasteiger partial charge < -0.3 is 10.5 Å². The molecular formula is C14H19BrN4O. The second-order valence-corrected chi connectivity index (χ2v) is 5.37. The van der Waals surface area contributed by atoms with E-state index in [0.29, 0.717) is 13.2 Å². The Morgan fingerprint density at radius 3 is 2.70 bits per heavy atom. The first kappa shape index (κ1) is 15.0. The van der Waals surface area contributed by atoms with Crippen LogP contribution in [0.25, 0.3) is 0 Å². The molecule has 2 rings (SSSR count). The molecular weight excluding hydrogens is 320 g/mol. The minimum absolute atomic E-state index is 0.365. The number of nitrogens with zero attached hydrogens (tertiary/aromatic N) is 3. The van der Waals surface area contributed by atoms with E-state index >= 15 is 0 Å². The van der Waals surface area contributed by atoms with Gasteiger partial charge in [-0.15, -0.1) is 0 Å². The molecule has 2 heterocycles. The molecule has 0 aliphatic heterocycles. The van der Waals surface area contributed by atoms with Gasteiger partial charge in [-0.1, -0.05) is 6.92 Å². The van der Waals surface area contributed by atoms with Gasteiger partial charge >= 0.3 is 0 Å². The molecule has 0 atom stereocenters. The van der Waals surface area contributed by atoms with E-state index in [1.165, 1.54) is 0 Å². The van der Waals surface area contributed by atoms with E-state index in [4.69, 9.17) is 10.5 Å². The van der Waals surface area contributed by atoms with Gasteiger partial charge in [-0.2, -0.15) is 5.10 Å². The molecule has 2 aromatic heterocycles. The molecule has 0 saturated carbocycles. The number of aryl methyl sites for hydroxylation is 3. The summed E-state index contributed by atoms with van der Waals surface area (Å²) in [4.78, 5) is 4.39. The first-order valence-electron chi connectivity index (χ1n) is 6.56. The fourth-order valence-electron chi connectivity index (χ4n) is 2.00. The fraction of sp³-hybridized carbons (Fsp3) is 0.429. The smallest absolute Gasteiger partial charge is 0.142 e. The van der Waals surface area contributed by atoms with Crippen molar-refractivity contribution in [2.75, 3.05) is 0 Å². The van der Waals surface area contributed by atoms with E-state index in [0.717, 1.165) is 39.4 Å². The molecule has 2 N–H and O–H groups in total. The molecule has 0 spiro atoms. The maximum atomic E-state index is 5.86. The number of hydrogen-bond donors (Lipinski definition) is 1. The van der Waals surface area contributed by atoms with Crippen molar-refractivity contribution in [1.29, 1.82) is 0 Å². The van der Waals surface area contributed by atoms with Gasteiger partial charge in [0, 0.05) is 19.3 Å². The lowest BCUT2D eigenvalue weighted by molar-refractivity contribution is 0.289. The van der Waals surface area contributed by atoms with Crippen molar-refractivity contribution in [3.05, 3.63) is 39.4 Å². The highest BCUT2D eigenvalue weighted by Gasteiger charge is 2.14. The summed E-state index contributed by atoms with van der Waals surface area (Å²) in [6.45, 7) is 4.81. The molecule has 0 radical (unpaired) electrons. The van der Waals surface area contributed by atoms with Crippen molar-refractivity contribution < 1.29 is 4.74 Å². The summed E-state index contributed by atoms with van der Waals surface area (Å²) in [6, 6.07) is 3.83. The van der Waals surface area contributed by atoms with Gasteiger partial charge in [0.2, 0.25) is 0 Å². The second-order valence-electron chi connectivity index (χ2n) is 4.57. The Labute approximate surface area is 127 Å². The third-order valence-electron chi connectivity index (χ3n) is 3.13. The minimum atomic E-state index is 0.365. The molecule has 108 valence electrons. The van der Waals surface area contributed by atoms with Crippen molar-refractivity contribution in [3.8, 4) is 5.75 Å². The minimum Gasteiger partial charge on any atom is -0.485 e. The molecule has 5 nitrogen and oxygen atoms in total. The summed E-state index contributed by atoms with van der Waals surface area (Å²) in [6.07, 6.45) is 0.883. The van der Waals surface area contributed by atoms with Gasteiger partial charge in [0.25, 0.3) is 0 Å². The van der Waals surface area contributed by atoms with E-state index in [9.17, 15) is 0 Å². The van der Waals surface area contributed by atoms with E-state index in [2.05, 4.69) is 32.9 Å². The predicted octanol–water partition coefficient (Wildman–Crippen LogP) is 2.49.